The summed E-state index contributed by atoms with van der Waals surface area (Å²) in [5, 5.41) is 4.91. The molecular formula is C13H17N3O4. The van der Waals surface area contributed by atoms with Crippen molar-refractivity contribution in [2.75, 3.05) is 26.3 Å². The number of imide groups is 1. The van der Waals surface area contributed by atoms with Crippen LogP contribution in [0.5, 0.6) is 11.5 Å². The van der Waals surface area contributed by atoms with Gasteiger partial charge >= 0.3 is 6.03 Å². The Bertz CT molecular complexity index is 504. The first-order valence-electron chi connectivity index (χ1n) is 6.33. The Kier molecular flexibility index (Phi) is 4.78. The molecule has 7 nitrogen and oxygen atoms in total. The van der Waals surface area contributed by atoms with Crippen molar-refractivity contribution >= 4 is 11.9 Å². The summed E-state index contributed by atoms with van der Waals surface area (Å²) in [6.07, 6.45) is 0.737. The number of nitrogens with two attached hydrogens (primary N) is 1. The lowest BCUT2D eigenvalue weighted by Crippen LogP contribution is -2.40. The van der Waals surface area contributed by atoms with Gasteiger partial charge in [-0.25, -0.2) is 4.79 Å². The van der Waals surface area contributed by atoms with Crippen molar-refractivity contribution in [2.24, 2.45) is 5.73 Å². The maximum absolute atomic E-state index is 11.1. The Labute approximate surface area is 116 Å². The van der Waals surface area contributed by atoms with Gasteiger partial charge in [0.15, 0.2) is 11.5 Å². The third kappa shape index (κ3) is 4.13. The SMILES string of the molecule is NC(=O)NC(=O)CNCCc1ccc2c(c1)OCCO2. The van der Waals surface area contributed by atoms with Gasteiger partial charge < -0.3 is 20.5 Å². The lowest BCUT2D eigenvalue weighted by molar-refractivity contribution is -0.119. The van der Waals surface area contributed by atoms with Crippen molar-refractivity contribution in [3.05, 3.63) is 23.8 Å². The van der Waals surface area contributed by atoms with Crippen LogP contribution in [0, 0.1) is 0 Å². The monoisotopic (exact) mass is 279 g/mol. The molecule has 4 N–H and O–H groups in total. The van der Waals surface area contributed by atoms with Gasteiger partial charge in [-0.15, -0.1) is 0 Å². The number of carbonyl (C=O) groups excluding carboxylic acids is 2. The predicted molar refractivity (Wildman–Crippen MR) is 71.7 cm³/mol. The minimum absolute atomic E-state index is 0.0491. The van der Waals surface area contributed by atoms with Gasteiger partial charge in [0, 0.05) is 0 Å². The van der Waals surface area contributed by atoms with Crippen molar-refractivity contribution in [1.82, 2.24) is 10.6 Å². The van der Waals surface area contributed by atoms with Gasteiger partial charge in [0.05, 0.1) is 6.54 Å². The molecule has 0 aliphatic carbocycles. The quantitative estimate of drug-likeness (QED) is 0.647. The molecule has 0 saturated heterocycles. The number of nitrogens with one attached hydrogen (secondary N) is 2. The van der Waals surface area contributed by atoms with E-state index >= 15 is 0 Å². The number of carbonyl (C=O) groups is 2. The number of fused-ring (bicyclic) bond motifs is 1. The van der Waals surface area contributed by atoms with Crippen molar-refractivity contribution in [3.8, 4) is 11.5 Å². The summed E-state index contributed by atoms with van der Waals surface area (Å²) in [6.45, 7) is 1.78. The van der Waals surface area contributed by atoms with E-state index in [4.69, 9.17) is 15.2 Å². The molecule has 0 bridgehead atoms. The average molecular weight is 279 g/mol. The topological polar surface area (TPSA) is 103 Å². The highest BCUT2D eigenvalue weighted by Gasteiger charge is 2.11. The Morgan fingerprint density at radius 3 is 2.70 bits per heavy atom. The fourth-order valence-electron chi connectivity index (χ4n) is 1.86. The minimum atomic E-state index is -0.844. The highest BCUT2D eigenvalue weighted by atomic mass is 16.6. The summed E-state index contributed by atoms with van der Waals surface area (Å²) >= 11 is 0. The first-order valence-corrected chi connectivity index (χ1v) is 6.33. The van der Waals surface area contributed by atoms with E-state index < -0.39 is 11.9 Å². The van der Waals surface area contributed by atoms with E-state index in [1.54, 1.807) is 0 Å². The molecule has 0 aromatic heterocycles. The van der Waals surface area contributed by atoms with E-state index in [1.807, 2.05) is 23.5 Å². The van der Waals surface area contributed by atoms with Crippen LogP contribution in [0.2, 0.25) is 0 Å². The molecule has 1 aliphatic heterocycles. The van der Waals surface area contributed by atoms with Gasteiger partial charge in [-0.3, -0.25) is 10.1 Å². The first-order chi connectivity index (χ1) is 9.65. The highest BCUT2D eigenvalue weighted by Crippen LogP contribution is 2.30. The van der Waals surface area contributed by atoms with Crippen molar-refractivity contribution < 1.29 is 19.1 Å². The van der Waals surface area contributed by atoms with Crippen molar-refractivity contribution in [1.29, 1.82) is 0 Å². The van der Waals surface area contributed by atoms with Crippen LogP contribution in [0.25, 0.3) is 0 Å². The Morgan fingerprint density at radius 2 is 1.95 bits per heavy atom. The molecule has 0 fully saturated rings. The van der Waals surface area contributed by atoms with Crippen LogP contribution in [0.1, 0.15) is 5.56 Å². The average Bonchev–Trinajstić information content (AvgIpc) is 2.43. The van der Waals surface area contributed by atoms with Crippen LogP contribution in [0.3, 0.4) is 0 Å². The molecule has 1 heterocycles. The van der Waals surface area contributed by atoms with Gasteiger partial charge in [0.25, 0.3) is 0 Å². The molecule has 108 valence electrons. The normalized spacial score (nSPS) is 12.8. The standard InChI is InChI=1S/C13H17N3O4/c14-13(18)16-12(17)8-15-4-3-9-1-2-10-11(7-9)20-6-5-19-10/h1-2,7,15H,3-6,8H2,(H3,14,16,17,18). The second kappa shape index (κ2) is 6.76. The molecule has 1 aliphatic rings. The van der Waals surface area contributed by atoms with E-state index in [9.17, 15) is 9.59 Å². The number of hydrogen-bond acceptors (Lipinski definition) is 5. The molecule has 20 heavy (non-hydrogen) atoms. The first kappa shape index (κ1) is 14.1. The summed E-state index contributed by atoms with van der Waals surface area (Å²) in [7, 11) is 0. The third-order valence-electron chi connectivity index (χ3n) is 2.75. The van der Waals surface area contributed by atoms with Crippen LogP contribution in [-0.4, -0.2) is 38.2 Å². The van der Waals surface area contributed by atoms with E-state index in [-0.39, 0.29) is 6.54 Å². The van der Waals surface area contributed by atoms with Crippen LogP contribution in [0.4, 0.5) is 4.79 Å². The lowest BCUT2D eigenvalue weighted by Gasteiger charge is -2.18. The van der Waals surface area contributed by atoms with Gasteiger partial charge in [-0.05, 0) is 30.7 Å². The Morgan fingerprint density at radius 1 is 1.20 bits per heavy atom. The second-order valence-electron chi connectivity index (χ2n) is 4.32. The minimum Gasteiger partial charge on any atom is -0.486 e. The molecule has 3 amide bonds. The van der Waals surface area contributed by atoms with Crippen LogP contribution >= 0.6 is 0 Å². The molecule has 0 atom stereocenters. The molecule has 0 radical (unpaired) electrons. The third-order valence-corrected chi connectivity index (χ3v) is 2.75. The van der Waals surface area contributed by atoms with Crippen molar-refractivity contribution in [2.45, 2.75) is 6.42 Å². The summed E-state index contributed by atoms with van der Waals surface area (Å²) in [6, 6.07) is 4.92. The molecule has 0 spiro atoms. The van der Waals surface area contributed by atoms with E-state index in [1.165, 1.54) is 0 Å². The summed E-state index contributed by atoms with van der Waals surface area (Å²) in [4.78, 5) is 21.6. The summed E-state index contributed by atoms with van der Waals surface area (Å²) in [5.41, 5.74) is 5.91. The number of primary amides is 1. The van der Waals surface area contributed by atoms with Gasteiger partial charge in [0.1, 0.15) is 13.2 Å². The van der Waals surface area contributed by atoms with Crippen LogP contribution in [0.15, 0.2) is 18.2 Å². The van der Waals surface area contributed by atoms with Gasteiger partial charge in [-0.2, -0.15) is 0 Å². The number of benzene rings is 1. The zero-order valence-electron chi connectivity index (χ0n) is 11.0. The van der Waals surface area contributed by atoms with E-state index in [2.05, 4.69) is 5.32 Å². The maximum atomic E-state index is 11.1. The Balaban J connectivity index is 1.74. The zero-order valence-corrected chi connectivity index (χ0v) is 11.0. The molecule has 1 aromatic rings. The van der Waals surface area contributed by atoms with Crippen LogP contribution in [-0.2, 0) is 11.2 Å². The fraction of sp³-hybridized carbons (Fsp3) is 0.385. The molecule has 1 aromatic carbocycles. The lowest BCUT2D eigenvalue weighted by atomic mass is 10.1. The van der Waals surface area contributed by atoms with Crippen LogP contribution < -0.4 is 25.8 Å². The molecule has 7 heteroatoms. The molecule has 0 saturated carbocycles. The zero-order chi connectivity index (χ0) is 14.4. The Hall–Kier alpha value is -2.28. The maximum Gasteiger partial charge on any atom is 0.318 e. The largest absolute Gasteiger partial charge is 0.486 e. The molecule has 2 rings (SSSR count). The summed E-state index contributed by atoms with van der Waals surface area (Å²) < 4.78 is 10.9. The molecule has 0 unspecified atom stereocenters. The molecular weight excluding hydrogens is 262 g/mol. The smallest absolute Gasteiger partial charge is 0.318 e. The number of ether oxygens (including phenoxy) is 2. The number of hydrogen-bond donors (Lipinski definition) is 3. The van der Waals surface area contributed by atoms with E-state index in [0.29, 0.717) is 19.8 Å². The fourth-order valence-corrected chi connectivity index (χ4v) is 1.86. The number of rotatable bonds is 5. The highest BCUT2D eigenvalue weighted by molar-refractivity contribution is 5.94. The van der Waals surface area contributed by atoms with Crippen molar-refractivity contribution in [3.63, 3.8) is 0 Å². The van der Waals surface area contributed by atoms with E-state index in [0.717, 1.165) is 23.5 Å². The van der Waals surface area contributed by atoms with Gasteiger partial charge in [-0.1, -0.05) is 6.07 Å². The number of amides is 3. The predicted octanol–water partition coefficient (Wildman–Crippen LogP) is -0.215. The number of urea groups is 1. The summed E-state index contributed by atoms with van der Waals surface area (Å²) in [5.74, 6) is 1.06. The second-order valence-corrected chi connectivity index (χ2v) is 4.32. The van der Waals surface area contributed by atoms with Gasteiger partial charge in [0.2, 0.25) is 5.91 Å².